The summed E-state index contributed by atoms with van der Waals surface area (Å²) in [5.41, 5.74) is 3.42. The molecule has 2 aliphatic heterocycles. The standard InChI is InChI=1S/C32H29ClN4O8/c1-40-25-8-16(9-26(41-2)30(25)42-3)27-19-10-23-24(45-15-44-23)11-20(19)29(21-14-43-32(39)28(21)27)37-13-17(35-36-37)12-34-31(38)18-6-4-5-7-22(18)33/h4-11,13,21,27-29H,12,14-15H2,1-3H3,(H,34,38)/t21-,27+,28-,29+/m0/s1. The number of cyclic esters (lactones) is 1. The molecule has 0 saturated carbocycles. The fourth-order valence-corrected chi connectivity index (χ4v) is 6.82. The molecule has 4 aromatic rings. The number of methoxy groups -OCH3 is 3. The van der Waals surface area contributed by atoms with Gasteiger partial charge in [0, 0.05) is 11.8 Å². The summed E-state index contributed by atoms with van der Waals surface area (Å²) in [6.45, 7) is 0.398. The summed E-state index contributed by atoms with van der Waals surface area (Å²) in [6.07, 6.45) is 1.77. The van der Waals surface area contributed by atoms with E-state index in [1.54, 1.807) is 56.5 Å². The first kappa shape index (κ1) is 28.8. The number of ether oxygens (including phenoxy) is 6. The Morgan fingerprint density at radius 2 is 1.71 bits per heavy atom. The second-order valence-corrected chi connectivity index (χ2v) is 11.3. The molecule has 0 spiro atoms. The Bertz CT molecular complexity index is 1780. The lowest BCUT2D eigenvalue weighted by molar-refractivity contribution is -0.141. The van der Waals surface area contributed by atoms with Crippen molar-refractivity contribution in [1.82, 2.24) is 20.3 Å². The van der Waals surface area contributed by atoms with E-state index in [0.717, 1.165) is 16.7 Å². The molecule has 4 atom stereocenters. The van der Waals surface area contributed by atoms with Crippen LogP contribution >= 0.6 is 11.6 Å². The van der Waals surface area contributed by atoms with Crippen molar-refractivity contribution in [3.8, 4) is 28.7 Å². The molecular weight excluding hydrogens is 604 g/mol. The highest BCUT2D eigenvalue weighted by Gasteiger charge is 2.53. The average Bonchev–Trinajstić information content (AvgIpc) is 3.81. The first-order valence-electron chi connectivity index (χ1n) is 14.2. The van der Waals surface area contributed by atoms with Gasteiger partial charge in [-0.05, 0) is 53.1 Å². The van der Waals surface area contributed by atoms with Crippen LogP contribution in [0, 0.1) is 11.8 Å². The molecule has 1 saturated heterocycles. The molecule has 3 aromatic carbocycles. The van der Waals surface area contributed by atoms with Crippen LogP contribution in [0.25, 0.3) is 0 Å². The predicted octanol–water partition coefficient (Wildman–Crippen LogP) is 4.14. The van der Waals surface area contributed by atoms with Gasteiger partial charge in [0.25, 0.3) is 5.91 Å². The SMILES string of the molecule is COc1cc([C@@H]2c3cc4c(cc3[C@@H](n3cc(CNC(=O)c5ccccc5Cl)nn3)[C@H]3COC(=O)[C@H]23)OCO4)cc(OC)c1OC. The minimum Gasteiger partial charge on any atom is -0.493 e. The number of hydrogen-bond acceptors (Lipinski definition) is 10. The highest BCUT2D eigenvalue weighted by Crippen LogP contribution is 2.56. The largest absolute Gasteiger partial charge is 0.493 e. The van der Waals surface area contributed by atoms with Crippen LogP contribution in [0.15, 0.2) is 54.7 Å². The molecule has 0 bridgehead atoms. The van der Waals surface area contributed by atoms with Crippen molar-refractivity contribution in [2.75, 3.05) is 34.7 Å². The molecule has 7 rings (SSSR count). The van der Waals surface area contributed by atoms with Crippen LogP contribution in [0.4, 0.5) is 0 Å². The lowest BCUT2D eigenvalue weighted by Crippen LogP contribution is -2.37. The minimum atomic E-state index is -0.571. The van der Waals surface area contributed by atoms with Crippen LogP contribution in [0.2, 0.25) is 5.02 Å². The van der Waals surface area contributed by atoms with Gasteiger partial charge in [0.15, 0.2) is 23.0 Å². The molecule has 13 heteroatoms. The Labute approximate surface area is 263 Å². The van der Waals surface area contributed by atoms with Gasteiger partial charge in [0.2, 0.25) is 12.5 Å². The molecule has 0 radical (unpaired) electrons. The number of aromatic nitrogens is 3. The molecule has 1 aliphatic carbocycles. The number of fused-ring (bicyclic) bond motifs is 3. The van der Waals surface area contributed by atoms with Crippen LogP contribution in [0.3, 0.4) is 0 Å². The van der Waals surface area contributed by atoms with Crippen molar-refractivity contribution in [3.63, 3.8) is 0 Å². The first-order valence-corrected chi connectivity index (χ1v) is 14.6. The predicted molar refractivity (Wildman–Crippen MR) is 159 cm³/mol. The van der Waals surface area contributed by atoms with E-state index in [9.17, 15) is 9.59 Å². The highest BCUT2D eigenvalue weighted by molar-refractivity contribution is 6.33. The van der Waals surface area contributed by atoms with Gasteiger partial charge in [0.1, 0.15) is 5.69 Å². The van der Waals surface area contributed by atoms with E-state index in [4.69, 9.17) is 40.0 Å². The zero-order chi connectivity index (χ0) is 31.2. The summed E-state index contributed by atoms with van der Waals surface area (Å²) < 4.78 is 35.8. The van der Waals surface area contributed by atoms with Crippen molar-refractivity contribution in [1.29, 1.82) is 0 Å². The normalized spacial score (nSPS) is 21.0. The van der Waals surface area contributed by atoms with Gasteiger partial charge in [-0.25, -0.2) is 4.68 Å². The Balaban J connectivity index is 1.30. The summed E-state index contributed by atoms with van der Waals surface area (Å²) in [4.78, 5) is 26.3. The third-order valence-corrected chi connectivity index (χ3v) is 8.92. The lowest BCUT2D eigenvalue weighted by atomic mass is 9.65. The summed E-state index contributed by atoms with van der Waals surface area (Å²) in [5.74, 6) is 0.615. The van der Waals surface area contributed by atoms with Gasteiger partial charge in [-0.1, -0.05) is 28.9 Å². The van der Waals surface area contributed by atoms with Gasteiger partial charge in [-0.3, -0.25) is 9.59 Å². The molecule has 3 aliphatic rings. The van der Waals surface area contributed by atoms with Crippen molar-refractivity contribution in [2.24, 2.45) is 11.8 Å². The molecule has 12 nitrogen and oxygen atoms in total. The molecule has 1 N–H and O–H groups in total. The van der Waals surface area contributed by atoms with Crippen molar-refractivity contribution in [3.05, 3.63) is 87.7 Å². The molecule has 1 aromatic heterocycles. The zero-order valence-corrected chi connectivity index (χ0v) is 25.4. The number of hydrogen-bond donors (Lipinski definition) is 1. The summed E-state index contributed by atoms with van der Waals surface area (Å²) in [6, 6.07) is 14.0. The number of nitrogens with zero attached hydrogens (tertiary/aromatic N) is 3. The summed E-state index contributed by atoms with van der Waals surface area (Å²) in [5, 5.41) is 12.0. The van der Waals surface area contributed by atoms with E-state index < -0.39 is 17.9 Å². The van der Waals surface area contributed by atoms with E-state index in [0.29, 0.717) is 45.0 Å². The maximum atomic E-state index is 13.5. The van der Waals surface area contributed by atoms with E-state index >= 15 is 0 Å². The third kappa shape index (κ3) is 4.85. The number of amides is 1. The summed E-state index contributed by atoms with van der Waals surface area (Å²) >= 11 is 6.19. The molecule has 232 valence electrons. The monoisotopic (exact) mass is 632 g/mol. The Hall–Kier alpha value is -4.97. The van der Waals surface area contributed by atoms with Gasteiger partial charge in [-0.15, -0.1) is 5.10 Å². The number of rotatable bonds is 8. The highest BCUT2D eigenvalue weighted by atomic mass is 35.5. The van der Waals surface area contributed by atoms with Crippen LogP contribution in [-0.4, -0.2) is 61.6 Å². The van der Waals surface area contributed by atoms with E-state index in [2.05, 4.69) is 15.6 Å². The number of esters is 1. The van der Waals surface area contributed by atoms with Gasteiger partial charge in [0.05, 0.1) is 63.2 Å². The quantitative estimate of drug-likeness (QED) is 0.283. The second kappa shape index (κ2) is 11.5. The molecule has 1 amide bonds. The number of carbonyl (C=O) groups excluding carboxylic acids is 2. The molecule has 45 heavy (non-hydrogen) atoms. The Kier molecular flexibility index (Phi) is 7.36. The number of carbonyl (C=O) groups is 2. The van der Waals surface area contributed by atoms with Gasteiger partial charge in [-0.2, -0.15) is 0 Å². The number of benzene rings is 3. The van der Waals surface area contributed by atoms with E-state index in [1.165, 1.54) is 0 Å². The van der Waals surface area contributed by atoms with Crippen LogP contribution in [0.1, 0.15) is 44.7 Å². The first-order chi connectivity index (χ1) is 21.9. The number of halogens is 1. The van der Waals surface area contributed by atoms with Crippen molar-refractivity contribution < 1.29 is 38.0 Å². The lowest BCUT2D eigenvalue weighted by Gasteiger charge is -2.39. The fraction of sp³-hybridized carbons (Fsp3) is 0.312. The minimum absolute atomic E-state index is 0.0885. The Morgan fingerprint density at radius 1 is 1.00 bits per heavy atom. The smallest absolute Gasteiger partial charge is 0.310 e. The fourth-order valence-electron chi connectivity index (χ4n) is 6.60. The zero-order valence-electron chi connectivity index (χ0n) is 24.6. The van der Waals surface area contributed by atoms with E-state index in [1.807, 2.05) is 24.3 Å². The topological polar surface area (TPSA) is 132 Å². The van der Waals surface area contributed by atoms with E-state index in [-0.39, 0.29) is 37.7 Å². The van der Waals surface area contributed by atoms with Gasteiger partial charge < -0.3 is 33.7 Å². The van der Waals surface area contributed by atoms with Crippen LogP contribution in [0.5, 0.6) is 28.7 Å². The maximum absolute atomic E-state index is 13.5. The van der Waals surface area contributed by atoms with Gasteiger partial charge >= 0.3 is 5.97 Å². The molecule has 3 heterocycles. The molecule has 1 fully saturated rings. The summed E-state index contributed by atoms with van der Waals surface area (Å²) in [7, 11) is 4.64. The maximum Gasteiger partial charge on any atom is 0.310 e. The van der Waals surface area contributed by atoms with Crippen molar-refractivity contribution in [2.45, 2.75) is 18.5 Å². The number of nitrogens with one attached hydrogen (secondary N) is 1. The molecule has 0 unspecified atom stereocenters. The average molecular weight is 633 g/mol. The second-order valence-electron chi connectivity index (χ2n) is 10.9. The third-order valence-electron chi connectivity index (χ3n) is 8.59. The van der Waals surface area contributed by atoms with Crippen molar-refractivity contribution >= 4 is 23.5 Å². The van der Waals surface area contributed by atoms with Crippen LogP contribution < -0.4 is 29.0 Å². The Morgan fingerprint density at radius 3 is 2.40 bits per heavy atom. The van der Waals surface area contributed by atoms with Crippen LogP contribution in [-0.2, 0) is 16.1 Å². The molecular formula is C32H29ClN4O8.